The molecule has 0 unspecified atom stereocenters. The summed E-state index contributed by atoms with van der Waals surface area (Å²) in [5, 5.41) is 2.47. The molecule has 1 atom stereocenters. The highest BCUT2D eigenvalue weighted by molar-refractivity contribution is 5.95. The van der Waals surface area contributed by atoms with Crippen molar-refractivity contribution in [2.45, 2.75) is 6.10 Å². The van der Waals surface area contributed by atoms with Crippen LogP contribution in [0.4, 0.5) is 10.5 Å². The van der Waals surface area contributed by atoms with Crippen LogP contribution in [0.15, 0.2) is 54.6 Å². The van der Waals surface area contributed by atoms with Gasteiger partial charge in [0.25, 0.3) is 5.91 Å². The average Bonchev–Trinajstić information content (AvgIpc) is 2.62. The first-order chi connectivity index (χ1) is 11.6. The summed E-state index contributed by atoms with van der Waals surface area (Å²) in [6, 6.07) is 15.9. The van der Waals surface area contributed by atoms with E-state index in [-0.39, 0.29) is 12.0 Å². The number of amides is 3. The van der Waals surface area contributed by atoms with E-state index in [0.29, 0.717) is 30.9 Å². The van der Waals surface area contributed by atoms with Crippen molar-refractivity contribution in [2.24, 2.45) is 5.73 Å². The Balaban J connectivity index is 1.69. The zero-order valence-electron chi connectivity index (χ0n) is 13.1. The van der Waals surface area contributed by atoms with E-state index in [0.717, 1.165) is 5.56 Å². The monoisotopic (exact) mass is 325 g/mol. The van der Waals surface area contributed by atoms with Crippen molar-refractivity contribution in [3.8, 4) is 0 Å². The Labute approximate surface area is 140 Å². The molecule has 24 heavy (non-hydrogen) atoms. The van der Waals surface area contributed by atoms with Crippen LogP contribution in [0.1, 0.15) is 22.0 Å². The van der Waals surface area contributed by atoms with Crippen LogP contribution in [0.25, 0.3) is 0 Å². The molecule has 1 heterocycles. The predicted octanol–water partition coefficient (Wildman–Crippen LogP) is 2.39. The van der Waals surface area contributed by atoms with Gasteiger partial charge < -0.3 is 20.7 Å². The highest BCUT2D eigenvalue weighted by Crippen LogP contribution is 2.23. The van der Waals surface area contributed by atoms with Crippen molar-refractivity contribution < 1.29 is 14.3 Å². The summed E-state index contributed by atoms with van der Waals surface area (Å²) in [5.41, 5.74) is 7.26. The number of nitrogens with one attached hydrogen (secondary N) is 1. The fraction of sp³-hybridized carbons (Fsp3) is 0.222. The van der Waals surface area contributed by atoms with Gasteiger partial charge in [0.2, 0.25) is 0 Å². The summed E-state index contributed by atoms with van der Waals surface area (Å²) in [4.78, 5) is 25.3. The Kier molecular flexibility index (Phi) is 4.77. The number of anilines is 1. The highest BCUT2D eigenvalue weighted by Gasteiger charge is 2.25. The minimum Gasteiger partial charge on any atom is -0.370 e. The molecule has 2 aromatic carbocycles. The molecule has 0 aliphatic carbocycles. The zero-order chi connectivity index (χ0) is 16.9. The van der Waals surface area contributed by atoms with Crippen LogP contribution in [-0.2, 0) is 4.74 Å². The number of hydrogen-bond donors (Lipinski definition) is 2. The number of carbonyl (C=O) groups excluding carboxylic acids is 2. The van der Waals surface area contributed by atoms with Crippen LogP contribution in [-0.4, -0.2) is 36.5 Å². The maximum absolute atomic E-state index is 12.7. The van der Waals surface area contributed by atoms with Crippen LogP contribution in [0.5, 0.6) is 0 Å². The van der Waals surface area contributed by atoms with E-state index in [1.807, 2.05) is 30.3 Å². The molecule has 124 valence electrons. The van der Waals surface area contributed by atoms with E-state index in [4.69, 9.17) is 10.5 Å². The molecular weight excluding hydrogens is 306 g/mol. The van der Waals surface area contributed by atoms with E-state index in [2.05, 4.69) is 5.32 Å². The summed E-state index contributed by atoms with van der Waals surface area (Å²) in [7, 11) is 0. The number of primary amides is 1. The Hall–Kier alpha value is -2.86. The number of rotatable bonds is 3. The number of urea groups is 1. The Morgan fingerprint density at radius 2 is 1.79 bits per heavy atom. The standard InChI is InChI=1S/C18H19N3O3/c19-18(23)20-15-8-6-14(7-9-15)17(22)21-10-11-24-16(12-21)13-4-2-1-3-5-13/h1-9,16H,10-12H2,(H3,19,20,23)/t16-/m0/s1. The Bertz CT molecular complexity index is 716. The molecule has 0 bridgehead atoms. The first-order valence-corrected chi connectivity index (χ1v) is 7.76. The summed E-state index contributed by atoms with van der Waals surface area (Å²) in [6.45, 7) is 1.58. The number of ether oxygens (including phenoxy) is 1. The van der Waals surface area contributed by atoms with Gasteiger partial charge in [0.05, 0.1) is 13.2 Å². The lowest BCUT2D eigenvalue weighted by molar-refractivity contribution is -0.0228. The van der Waals surface area contributed by atoms with E-state index >= 15 is 0 Å². The maximum atomic E-state index is 12.7. The van der Waals surface area contributed by atoms with Gasteiger partial charge in [-0.1, -0.05) is 30.3 Å². The number of morpholine rings is 1. The van der Waals surface area contributed by atoms with Crippen LogP contribution in [0.3, 0.4) is 0 Å². The molecule has 6 heteroatoms. The molecule has 2 aromatic rings. The van der Waals surface area contributed by atoms with Crippen LogP contribution >= 0.6 is 0 Å². The number of carbonyl (C=O) groups is 2. The second-order valence-electron chi connectivity index (χ2n) is 5.59. The molecule has 3 rings (SSSR count). The summed E-state index contributed by atoms with van der Waals surface area (Å²) in [5.74, 6) is -0.0511. The molecule has 0 saturated carbocycles. The third-order valence-corrected chi connectivity index (χ3v) is 3.92. The minimum absolute atomic E-state index is 0.0511. The van der Waals surface area contributed by atoms with Gasteiger partial charge in [-0.15, -0.1) is 0 Å². The molecule has 0 aromatic heterocycles. The molecule has 0 radical (unpaired) electrons. The van der Waals surface area contributed by atoms with E-state index < -0.39 is 6.03 Å². The first-order valence-electron chi connectivity index (χ1n) is 7.76. The summed E-state index contributed by atoms with van der Waals surface area (Å²) < 4.78 is 5.79. The van der Waals surface area contributed by atoms with E-state index in [1.54, 1.807) is 29.2 Å². The number of nitrogens with zero attached hydrogens (tertiary/aromatic N) is 1. The Morgan fingerprint density at radius 3 is 2.46 bits per heavy atom. The van der Waals surface area contributed by atoms with E-state index in [9.17, 15) is 9.59 Å². The summed E-state index contributed by atoms with van der Waals surface area (Å²) in [6.07, 6.45) is -0.111. The lowest BCUT2D eigenvalue weighted by Crippen LogP contribution is -2.42. The van der Waals surface area contributed by atoms with Gasteiger partial charge >= 0.3 is 6.03 Å². The van der Waals surface area contributed by atoms with Gasteiger partial charge in [0, 0.05) is 17.8 Å². The van der Waals surface area contributed by atoms with Crippen LogP contribution in [0.2, 0.25) is 0 Å². The SMILES string of the molecule is NC(=O)Nc1ccc(C(=O)N2CCO[C@H](c3ccccc3)C2)cc1. The lowest BCUT2D eigenvalue weighted by Gasteiger charge is -2.33. The largest absolute Gasteiger partial charge is 0.370 e. The molecule has 1 aliphatic heterocycles. The molecule has 0 spiro atoms. The van der Waals surface area contributed by atoms with Gasteiger partial charge in [-0.05, 0) is 29.8 Å². The quantitative estimate of drug-likeness (QED) is 0.908. The topological polar surface area (TPSA) is 84.7 Å². The molecule has 3 amide bonds. The minimum atomic E-state index is -0.632. The number of hydrogen-bond acceptors (Lipinski definition) is 3. The normalized spacial score (nSPS) is 17.3. The van der Waals surface area contributed by atoms with Crippen LogP contribution in [0, 0.1) is 0 Å². The van der Waals surface area contributed by atoms with Gasteiger partial charge in [-0.3, -0.25) is 4.79 Å². The number of nitrogens with two attached hydrogens (primary N) is 1. The Morgan fingerprint density at radius 1 is 1.08 bits per heavy atom. The fourth-order valence-corrected chi connectivity index (χ4v) is 2.72. The van der Waals surface area contributed by atoms with Crippen molar-refractivity contribution in [1.82, 2.24) is 4.90 Å². The van der Waals surface area contributed by atoms with Gasteiger partial charge in [0.1, 0.15) is 6.10 Å². The highest BCUT2D eigenvalue weighted by atomic mass is 16.5. The lowest BCUT2D eigenvalue weighted by atomic mass is 10.1. The third-order valence-electron chi connectivity index (χ3n) is 3.92. The zero-order valence-corrected chi connectivity index (χ0v) is 13.1. The number of benzene rings is 2. The average molecular weight is 325 g/mol. The van der Waals surface area contributed by atoms with Gasteiger partial charge in [0.15, 0.2) is 0 Å². The summed E-state index contributed by atoms with van der Waals surface area (Å²) >= 11 is 0. The van der Waals surface area contributed by atoms with Crippen LogP contribution < -0.4 is 11.1 Å². The molecule has 1 saturated heterocycles. The van der Waals surface area contributed by atoms with Crippen molar-refractivity contribution in [2.75, 3.05) is 25.0 Å². The van der Waals surface area contributed by atoms with Crippen molar-refractivity contribution in [1.29, 1.82) is 0 Å². The third kappa shape index (κ3) is 3.72. The second kappa shape index (κ2) is 7.14. The van der Waals surface area contributed by atoms with Crippen molar-refractivity contribution in [3.63, 3.8) is 0 Å². The van der Waals surface area contributed by atoms with Crippen molar-refractivity contribution in [3.05, 3.63) is 65.7 Å². The van der Waals surface area contributed by atoms with Crippen molar-refractivity contribution >= 4 is 17.6 Å². The van der Waals surface area contributed by atoms with Gasteiger partial charge in [-0.2, -0.15) is 0 Å². The second-order valence-corrected chi connectivity index (χ2v) is 5.59. The smallest absolute Gasteiger partial charge is 0.316 e. The molecule has 1 fully saturated rings. The molecule has 6 nitrogen and oxygen atoms in total. The first kappa shape index (κ1) is 16.0. The molecule has 1 aliphatic rings. The maximum Gasteiger partial charge on any atom is 0.316 e. The molecule has 3 N–H and O–H groups in total. The molecular formula is C18H19N3O3. The van der Waals surface area contributed by atoms with E-state index in [1.165, 1.54) is 0 Å². The van der Waals surface area contributed by atoms with Gasteiger partial charge in [-0.25, -0.2) is 4.79 Å². The fourth-order valence-electron chi connectivity index (χ4n) is 2.72. The predicted molar refractivity (Wildman–Crippen MR) is 90.7 cm³/mol.